The topological polar surface area (TPSA) is 74.3 Å². The highest BCUT2D eigenvalue weighted by Gasteiger charge is 2.22. The molecule has 6 nitrogen and oxygen atoms in total. The second-order valence-electron chi connectivity index (χ2n) is 5.64. The second-order valence-corrected chi connectivity index (χ2v) is 5.64. The minimum atomic E-state index is -0.210. The van der Waals surface area contributed by atoms with Gasteiger partial charge < -0.3 is 15.5 Å². The first-order valence-electron chi connectivity index (χ1n) is 7.49. The Morgan fingerprint density at radius 3 is 2.55 bits per heavy atom. The zero-order valence-corrected chi connectivity index (χ0v) is 13.2. The van der Waals surface area contributed by atoms with E-state index >= 15 is 0 Å². The molecule has 1 aromatic heterocycles. The van der Waals surface area contributed by atoms with E-state index in [9.17, 15) is 9.59 Å². The van der Waals surface area contributed by atoms with Gasteiger partial charge in [0.1, 0.15) is 11.4 Å². The van der Waals surface area contributed by atoms with Crippen molar-refractivity contribution in [2.45, 2.75) is 12.8 Å². The Labute approximate surface area is 136 Å². The fraction of sp³-hybridized carbons (Fsp3) is 0.533. The number of halogens is 1. The van der Waals surface area contributed by atoms with Crippen molar-refractivity contribution in [2.24, 2.45) is 5.92 Å². The fourth-order valence-electron chi connectivity index (χ4n) is 2.58. The number of rotatable bonds is 4. The molecule has 0 atom stereocenters. The zero-order chi connectivity index (χ0) is 14.7. The normalized spacial score (nSPS) is 17.5. The minimum Gasteiger partial charge on any atom is -0.350 e. The van der Waals surface area contributed by atoms with Crippen molar-refractivity contribution in [2.75, 3.05) is 32.7 Å². The first-order valence-corrected chi connectivity index (χ1v) is 7.49. The highest BCUT2D eigenvalue weighted by atomic mass is 35.5. The maximum atomic E-state index is 12.3. The number of carbonyl (C=O) groups is 2. The van der Waals surface area contributed by atoms with Crippen LogP contribution < -0.4 is 10.6 Å². The first-order chi connectivity index (χ1) is 10.2. The lowest BCUT2D eigenvalue weighted by Gasteiger charge is -2.26. The molecule has 2 amide bonds. The molecule has 3 heterocycles. The lowest BCUT2D eigenvalue weighted by atomic mass is 10.0. The van der Waals surface area contributed by atoms with Crippen molar-refractivity contribution in [3.05, 3.63) is 29.6 Å². The van der Waals surface area contributed by atoms with E-state index in [1.54, 1.807) is 23.1 Å². The van der Waals surface area contributed by atoms with Crippen LogP contribution in [0, 0.1) is 5.92 Å². The van der Waals surface area contributed by atoms with E-state index in [0.29, 0.717) is 23.9 Å². The first kappa shape index (κ1) is 16.7. The van der Waals surface area contributed by atoms with Gasteiger partial charge in [-0.15, -0.1) is 12.4 Å². The van der Waals surface area contributed by atoms with Crippen LogP contribution in [0.4, 0.5) is 0 Å². The molecule has 0 unspecified atom stereocenters. The second kappa shape index (κ2) is 7.56. The molecule has 2 saturated heterocycles. The molecule has 120 valence electrons. The minimum absolute atomic E-state index is 0. The summed E-state index contributed by atoms with van der Waals surface area (Å²) in [6.07, 6.45) is 2.09. The number of hydrogen-bond donors (Lipinski definition) is 2. The molecule has 22 heavy (non-hydrogen) atoms. The van der Waals surface area contributed by atoms with Crippen LogP contribution in [0.1, 0.15) is 33.8 Å². The summed E-state index contributed by atoms with van der Waals surface area (Å²) in [5.74, 6) is 0.215. The number of hydrogen-bond acceptors (Lipinski definition) is 4. The van der Waals surface area contributed by atoms with Crippen LogP contribution >= 0.6 is 12.4 Å². The lowest BCUT2D eigenvalue weighted by molar-refractivity contribution is 0.0787. The molecule has 0 bridgehead atoms. The number of amides is 2. The van der Waals surface area contributed by atoms with Crippen molar-refractivity contribution in [3.8, 4) is 0 Å². The van der Waals surface area contributed by atoms with E-state index in [1.807, 2.05) is 0 Å². The van der Waals surface area contributed by atoms with Crippen molar-refractivity contribution >= 4 is 24.2 Å². The molecule has 0 aromatic carbocycles. The van der Waals surface area contributed by atoms with Gasteiger partial charge in [0.15, 0.2) is 0 Å². The predicted octanol–water partition coefficient (Wildman–Crippen LogP) is 0.689. The molecular weight excluding hydrogens is 304 g/mol. The van der Waals surface area contributed by atoms with Crippen LogP contribution in [0.3, 0.4) is 0 Å². The van der Waals surface area contributed by atoms with Gasteiger partial charge in [-0.3, -0.25) is 9.59 Å². The van der Waals surface area contributed by atoms with Crippen molar-refractivity contribution < 1.29 is 9.59 Å². The number of aromatic nitrogens is 1. The quantitative estimate of drug-likeness (QED) is 0.854. The summed E-state index contributed by atoms with van der Waals surface area (Å²) in [5.41, 5.74) is 0.669. The Hall–Kier alpha value is -1.66. The van der Waals surface area contributed by atoms with E-state index in [2.05, 4.69) is 15.6 Å². The van der Waals surface area contributed by atoms with Gasteiger partial charge >= 0.3 is 0 Å². The van der Waals surface area contributed by atoms with Crippen LogP contribution in [0.25, 0.3) is 0 Å². The van der Waals surface area contributed by atoms with E-state index < -0.39 is 0 Å². The van der Waals surface area contributed by atoms with Crippen LogP contribution in [0.15, 0.2) is 18.2 Å². The summed E-state index contributed by atoms with van der Waals surface area (Å²) >= 11 is 0. The van der Waals surface area contributed by atoms with Crippen molar-refractivity contribution in [1.29, 1.82) is 0 Å². The predicted molar refractivity (Wildman–Crippen MR) is 85.3 cm³/mol. The Morgan fingerprint density at radius 2 is 1.91 bits per heavy atom. The third-order valence-corrected chi connectivity index (χ3v) is 4.01. The van der Waals surface area contributed by atoms with Crippen LogP contribution in [-0.4, -0.2) is 54.4 Å². The molecule has 1 aromatic rings. The lowest BCUT2D eigenvalue weighted by Crippen LogP contribution is -2.48. The van der Waals surface area contributed by atoms with E-state index in [0.717, 1.165) is 39.0 Å². The molecule has 2 fully saturated rings. The molecule has 7 heteroatoms. The number of nitrogens with one attached hydrogen (secondary N) is 2. The molecule has 2 aliphatic heterocycles. The highest BCUT2D eigenvalue weighted by Crippen LogP contribution is 2.12. The maximum Gasteiger partial charge on any atom is 0.272 e. The van der Waals surface area contributed by atoms with Gasteiger partial charge in [-0.2, -0.15) is 0 Å². The van der Waals surface area contributed by atoms with E-state index in [4.69, 9.17) is 0 Å². The van der Waals surface area contributed by atoms with Gasteiger partial charge in [0.25, 0.3) is 11.8 Å². The van der Waals surface area contributed by atoms with Crippen LogP contribution in [0.5, 0.6) is 0 Å². The Kier molecular flexibility index (Phi) is 5.74. The van der Waals surface area contributed by atoms with Gasteiger partial charge in [0.2, 0.25) is 0 Å². The fourth-order valence-corrected chi connectivity index (χ4v) is 2.58. The van der Waals surface area contributed by atoms with E-state index in [-0.39, 0.29) is 24.2 Å². The Bertz CT molecular complexity index is 542. The summed E-state index contributed by atoms with van der Waals surface area (Å²) < 4.78 is 0. The van der Waals surface area contributed by atoms with Gasteiger partial charge in [0.05, 0.1) is 0 Å². The van der Waals surface area contributed by atoms with Gasteiger partial charge in [-0.25, -0.2) is 4.98 Å². The van der Waals surface area contributed by atoms with Crippen molar-refractivity contribution in [1.82, 2.24) is 20.5 Å². The Balaban J connectivity index is 0.00000176. The zero-order valence-electron chi connectivity index (χ0n) is 12.4. The molecule has 0 spiro atoms. The SMILES string of the molecule is Cl.O=C(NCC1CNC1)c1cccc(C(=O)N2CCCC2)n1. The van der Waals surface area contributed by atoms with Gasteiger partial charge in [-0.05, 0) is 25.0 Å². The van der Waals surface area contributed by atoms with E-state index in [1.165, 1.54) is 0 Å². The summed E-state index contributed by atoms with van der Waals surface area (Å²) in [6, 6.07) is 5.04. The molecule has 2 aliphatic rings. The summed E-state index contributed by atoms with van der Waals surface area (Å²) in [7, 11) is 0. The Morgan fingerprint density at radius 1 is 1.23 bits per heavy atom. The maximum absolute atomic E-state index is 12.3. The number of pyridine rings is 1. The third kappa shape index (κ3) is 3.75. The number of likely N-dealkylation sites (tertiary alicyclic amines) is 1. The molecule has 3 rings (SSSR count). The summed E-state index contributed by atoms with van der Waals surface area (Å²) in [4.78, 5) is 30.3. The van der Waals surface area contributed by atoms with Gasteiger partial charge in [-0.1, -0.05) is 6.07 Å². The van der Waals surface area contributed by atoms with Crippen molar-refractivity contribution in [3.63, 3.8) is 0 Å². The van der Waals surface area contributed by atoms with Gasteiger partial charge in [0, 0.05) is 38.6 Å². The largest absolute Gasteiger partial charge is 0.350 e. The number of nitrogens with zero attached hydrogens (tertiary/aromatic N) is 2. The monoisotopic (exact) mass is 324 g/mol. The standard InChI is InChI=1S/C15H20N4O2.ClH/c20-14(17-10-11-8-16-9-11)12-4-3-5-13(18-12)15(21)19-6-1-2-7-19;/h3-5,11,16H,1-2,6-10H2,(H,17,20);1H. The summed E-state index contributed by atoms with van der Waals surface area (Å²) in [6.45, 7) is 4.11. The third-order valence-electron chi connectivity index (χ3n) is 4.01. The molecular formula is C15H21ClN4O2. The summed E-state index contributed by atoms with van der Waals surface area (Å²) in [5, 5.41) is 6.03. The average molecular weight is 325 g/mol. The highest BCUT2D eigenvalue weighted by molar-refractivity contribution is 5.96. The van der Waals surface area contributed by atoms with Crippen LogP contribution in [0.2, 0.25) is 0 Å². The molecule has 2 N–H and O–H groups in total. The number of carbonyl (C=O) groups excluding carboxylic acids is 2. The van der Waals surface area contributed by atoms with Crippen LogP contribution in [-0.2, 0) is 0 Å². The molecule has 0 radical (unpaired) electrons. The molecule has 0 aliphatic carbocycles. The molecule has 0 saturated carbocycles. The smallest absolute Gasteiger partial charge is 0.272 e. The average Bonchev–Trinajstić information content (AvgIpc) is 2.99.